The van der Waals surface area contributed by atoms with Crippen molar-refractivity contribution >= 4 is 0 Å². The molecule has 0 saturated heterocycles. The first-order valence-corrected chi connectivity index (χ1v) is 5.90. The van der Waals surface area contributed by atoms with Crippen molar-refractivity contribution in [3.8, 4) is 5.75 Å². The number of hydrogen-bond donors (Lipinski definition) is 1. The van der Waals surface area contributed by atoms with Gasteiger partial charge in [0.05, 0.1) is 7.11 Å². The number of benzene rings is 1. The van der Waals surface area contributed by atoms with E-state index in [2.05, 4.69) is 5.32 Å². The Balaban J connectivity index is 2.76. The molecule has 2 nitrogen and oxygen atoms in total. The lowest BCUT2D eigenvalue weighted by Gasteiger charge is -2.19. The SMILES string of the molecule is CCNC(CCC(F)(F)F)c1cccc(OC)c1. The molecule has 0 radical (unpaired) electrons. The standard InChI is InChI=1S/C13H18F3NO/c1-3-17-12(7-8-13(14,15)16)10-5-4-6-11(9-10)18-2/h4-6,9,12,17H,3,7-8H2,1-2H3. The molecule has 1 unspecified atom stereocenters. The number of methoxy groups -OCH3 is 1. The van der Waals surface area contributed by atoms with E-state index in [0.29, 0.717) is 12.3 Å². The predicted octanol–water partition coefficient (Wildman–Crippen LogP) is 3.69. The molecule has 0 aliphatic carbocycles. The van der Waals surface area contributed by atoms with Crippen LogP contribution in [0.25, 0.3) is 0 Å². The average molecular weight is 261 g/mol. The second kappa shape index (κ2) is 6.64. The smallest absolute Gasteiger partial charge is 0.389 e. The number of halogens is 3. The molecule has 1 N–H and O–H groups in total. The van der Waals surface area contributed by atoms with Crippen molar-refractivity contribution in [2.24, 2.45) is 0 Å². The fourth-order valence-corrected chi connectivity index (χ4v) is 1.80. The third-order valence-corrected chi connectivity index (χ3v) is 2.66. The summed E-state index contributed by atoms with van der Waals surface area (Å²) in [6.07, 6.45) is -4.88. The molecule has 1 aromatic carbocycles. The Bertz CT molecular complexity index is 365. The maximum absolute atomic E-state index is 12.3. The van der Waals surface area contributed by atoms with E-state index >= 15 is 0 Å². The van der Waals surface area contributed by atoms with Gasteiger partial charge in [0.1, 0.15) is 5.75 Å². The van der Waals surface area contributed by atoms with Gasteiger partial charge in [0.25, 0.3) is 0 Å². The number of nitrogens with one attached hydrogen (secondary N) is 1. The van der Waals surface area contributed by atoms with Crippen LogP contribution in [0.4, 0.5) is 13.2 Å². The van der Waals surface area contributed by atoms with Crippen molar-refractivity contribution < 1.29 is 17.9 Å². The van der Waals surface area contributed by atoms with Gasteiger partial charge in [0, 0.05) is 12.5 Å². The summed E-state index contributed by atoms with van der Waals surface area (Å²) in [6, 6.07) is 6.84. The van der Waals surface area contributed by atoms with Gasteiger partial charge in [-0.1, -0.05) is 19.1 Å². The molecule has 1 aromatic rings. The lowest BCUT2D eigenvalue weighted by molar-refractivity contribution is -0.136. The van der Waals surface area contributed by atoms with Crippen LogP contribution in [0.3, 0.4) is 0 Å². The molecule has 0 aliphatic heterocycles. The second-order valence-corrected chi connectivity index (χ2v) is 4.04. The predicted molar refractivity (Wildman–Crippen MR) is 64.7 cm³/mol. The van der Waals surface area contributed by atoms with E-state index in [1.807, 2.05) is 13.0 Å². The molecule has 0 fully saturated rings. The van der Waals surface area contributed by atoms with Gasteiger partial charge in [0.2, 0.25) is 0 Å². The zero-order valence-electron chi connectivity index (χ0n) is 10.6. The van der Waals surface area contributed by atoms with Crippen LogP contribution < -0.4 is 10.1 Å². The van der Waals surface area contributed by atoms with Crippen molar-refractivity contribution in [2.75, 3.05) is 13.7 Å². The highest BCUT2D eigenvalue weighted by molar-refractivity contribution is 5.30. The van der Waals surface area contributed by atoms with E-state index in [9.17, 15) is 13.2 Å². The van der Waals surface area contributed by atoms with Crippen LogP contribution >= 0.6 is 0 Å². The van der Waals surface area contributed by atoms with Gasteiger partial charge < -0.3 is 10.1 Å². The Kier molecular flexibility index (Phi) is 5.47. The first kappa shape index (κ1) is 14.8. The van der Waals surface area contributed by atoms with E-state index in [0.717, 1.165) is 5.56 Å². The Morgan fingerprint density at radius 3 is 2.61 bits per heavy atom. The summed E-state index contributed by atoms with van der Waals surface area (Å²) >= 11 is 0. The first-order valence-electron chi connectivity index (χ1n) is 5.90. The van der Waals surface area contributed by atoms with Crippen molar-refractivity contribution in [1.82, 2.24) is 5.32 Å². The minimum atomic E-state index is -4.12. The molecule has 5 heteroatoms. The van der Waals surface area contributed by atoms with Gasteiger partial charge in [-0.05, 0) is 30.7 Å². The zero-order chi connectivity index (χ0) is 13.6. The lowest BCUT2D eigenvalue weighted by atomic mass is 10.0. The molecule has 0 saturated carbocycles. The molecule has 0 aromatic heterocycles. The highest BCUT2D eigenvalue weighted by atomic mass is 19.4. The topological polar surface area (TPSA) is 21.3 Å². The summed E-state index contributed by atoms with van der Waals surface area (Å²) in [7, 11) is 1.54. The quantitative estimate of drug-likeness (QED) is 0.843. The first-order chi connectivity index (χ1) is 8.46. The van der Waals surface area contributed by atoms with Crippen molar-refractivity contribution in [1.29, 1.82) is 0 Å². The largest absolute Gasteiger partial charge is 0.497 e. The Morgan fingerprint density at radius 2 is 2.06 bits per heavy atom. The fourth-order valence-electron chi connectivity index (χ4n) is 1.80. The normalized spacial score (nSPS) is 13.4. The number of rotatable bonds is 6. The maximum atomic E-state index is 12.3. The summed E-state index contributed by atoms with van der Waals surface area (Å²) in [5.74, 6) is 0.655. The summed E-state index contributed by atoms with van der Waals surface area (Å²) in [5, 5.41) is 3.07. The van der Waals surface area contributed by atoms with Crippen LogP contribution in [0.2, 0.25) is 0 Å². The summed E-state index contributed by atoms with van der Waals surface area (Å²) in [5.41, 5.74) is 0.820. The molecule has 1 atom stereocenters. The van der Waals surface area contributed by atoms with Gasteiger partial charge in [-0.3, -0.25) is 0 Å². The van der Waals surface area contributed by atoms with Gasteiger partial charge in [-0.25, -0.2) is 0 Å². The van der Waals surface area contributed by atoms with Crippen LogP contribution in [0.1, 0.15) is 31.4 Å². The van der Waals surface area contributed by atoms with Crippen molar-refractivity contribution in [3.05, 3.63) is 29.8 Å². The van der Waals surface area contributed by atoms with Gasteiger partial charge >= 0.3 is 6.18 Å². The highest BCUT2D eigenvalue weighted by Crippen LogP contribution is 2.28. The molecule has 0 spiro atoms. The number of alkyl halides is 3. The summed E-state index contributed by atoms with van der Waals surface area (Å²) < 4.78 is 41.9. The third kappa shape index (κ3) is 4.96. The van der Waals surface area contributed by atoms with E-state index in [1.165, 1.54) is 7.11 Å². The zero-order valence-corrected chi connectivity index (χ0v) is 10.6. The van der Waals surface area contributed by atoms with E-state index < -0.39 is 12.6 Å². The molecule has 0 amide bonds. The highest BCUT2D eigenvalue weighted by Gasteiger charge is 2.28. The summed E-state index contributed by atoms with van der Waals surface area (Å²) in [4.78, 5) is 0. The van der Waals surface area contributed by atoms with Crippen molar-refractivity contribution in [2.45, 2.75) is 32.0 Å². The molecule has 102 valence electrons. The van der Waals surface area contributed by atoms with Crippen LogP contribution in [0, 0.1) is 0 Å². The van der Waals surface area contributed by atoms with Crippen LogP contribution in [-0.4, -0.2) is 19.8 Å². The molecule has 0 aliphatic rings. The second-order valence-electron chi connectivity index (χ2n) is 4.04. The Labute approximate surface area is 105 Å². The molecule has 18 heavy (non-hydrogen) atoms. The molecular weight excluding hydrogens is 243 g/mol. The lowest BCUT2D eigenvalue weighted by Crippen LogP contribution is -2.23. The van der Waals surface area contributed by atoms with Gasteiger partial charge in [0.15, 0.2) is 0 Å². The van der Waals surface area contributed by atoms with E-state index in [-0.39, 0.29) is 12.5 Å². The van der Waals surface area contributed by atoms with E-state index in [1.54, 1.807) is 18.2 Å². The summed E-state index contributed by atoms with van der Waals surface area (Å²) in [6.45, 7) is 2.50. The molecule has 1 rings (SSSR count). The van der Waals surface area contributed by atoms with Crippen LogP contribution in [0.5, 0.6) is 5.75 Å². The van der Waals surface area contributed by atoms with Gasteiger partial charge in [-0.2, -0.15) is 13.2 Å². The molecule has 0 bridgehead atoms. The Hall–Kier alpha value is -1.23. The fraction of sp³-hybridized carbons (Fsp3) is 0.538. The van der Waals surface area contributed by atoms with Gasteiger partial charge in [-0.15, -0.1) is 0 Å². The monoisotopic (exact) mass is 261 g/mol. The van der Waals surface area contributed by atoms with Crippen LogP contribution in [0.15, 0.2) is 24.3 Å². The van der Waals surface area contributed by atoms with Crippen LogP contribution in [-0.2, 0) is 0 Å². The Morgan fingerprint density at radius 1 is 1.33 bits per heavy atom. The molecule has 0 heterocycles. The van der Waals surface area contributed by atoms with E-state index in [4.69, 9.17) is 4.74 Å². The van der Waals surface area contributed by atoms with Crippen molar-refractivity contribution in [3.63, 3.8) is 0 Å². The average Bonchev–Trinajstić information content (AvgIpc) is 2.33. The minimum absolute atomic E-state index is 0.0322. The number of hydrogen-bond acceptors (Lipinski definition) is 2. The third-order valence-electron chi connectivity index (χ3n) is 2.66. The minimum Gasteiger partial charge on any atom is -0.497 e. The number of ether oxygens (including phenoxy) is 1. The maximum Gasteiger partial charge on any atom is 0.389 e. The molecular formula is C13H18F3NO.